The van der Waals surface area contributed by atoms with Crippen molar-refractivity contribution in [3.8, 4) is 0 Å². The first-order valence-electron chi connectivity index (χ1n) is 6.73. The normalized spacial score (nSPS) is 11.2. The minimum Gasteiger partial charge on any atom is -0.478 e. The molecule has 1 N–H and O–H groups in total. The molecule has 0 aliphatic carbocycles. The lowest BCUT2D eigenvalue weighted by Crippen LogP contribution is -2.15. The summed E-state index contributed by atoms with van der Waals surface area (Å²) in [4.78, 5) is 27.4. The van der Waals surface area contributed by atoms with E-state index < -0.39 is 5.97 Å². The van der Waals surface area contributed by atoms with Gasteiger partial charge in [0.2, 0.25) is 0 Å². The van der Waals surface area contributed by atoms with Gasteiger partial charge in [-0.3, -0.25) is 9.20 Å². The number of hydrogen-bond acceptors (Lipinski definition) is 3. The summed E-state index contributed by atoms with van der Waals surface area (Å²) in [5.74, 6) is -1.09. The topological polar surface area (TPSA) is 71.7 Å². The lowest BCUT2D eigenvalue weighted by molar-refractivity contribution is 0.0696. The van der Waals surface area contributed by atoms with Crippen LogP contribution in [0.2, 0.25) is 5.02 Å². The van der Waals surface area contributed by atoms with Crippen LogP contribution < -0.4 is 5.56 Å². The van der Waals surface area contributed by atoms with Gasteiger partial charge in [-0.2, -0.15) is 0 Å². The summed E-state index contributed by atoms with van der Waals surface area (Å²) < 4.78 is 1.21. The first-order valence-corrected chi connectivity index (χ1v) is 7.11. The van der Waals surface area contributed by atoms with Crippen molar-refractivity contribution in [2.75, 3.05) is 0 Å². The molecule has 23 heavy (non-hydrogen) atoms. The van der Waals surface area contributed by atoms with Crippen molar-refractivity contribution in [3.05, 3.63) is 80.9 Å². The van der Waals surface area contributed by atoms with Gasteiger partial charge < -0.3 is 5.11 Å². The lowest BCUT2D eigenvalue weighted by Gasteiger charge is -2.02. The zero-order valence-electron chi connectivity index (χ0n) is 11.8. The number of halogens is 1. The second-order valence-electron chi connectivity index (χ2n) is 4.86. The largest absolute Gasteiger partial charge is 0.478 e. The third-order valence-corrected chi connectivity index (χ3v) is 3.49. The van der Waals surface area contributed by atoms with Gasteiger partial charge in [0.05, 0.1) is 11.3 Å². The maximum atomic E-state index is 12.1. The molecule has 3 aromatic rings. The van der Waals surface area contributed by atoms with E-state index in [2.05, 4.69) is 4.98 Å². The van der Waals surface area contributed by atoms with Gasteiger partial charge in [0.25, 0.3) is 5.56 Å². The Morgan fingerprint density at radius 3 is 2.57 bits per heavy atom. The fourth-order valence-corrected chi connectivity index (χ4v) is 2.21. The maximum Gasteiger partial charge on any atom is 0.337 e. The Morgan fingerprint density at radius 1 is 1.13 bits per heavy atom. The van der Waals surface area contributed by atoms with Crippen LogP contribution in [0.25, 0.3) is 17.8 Å². The van der Waals surface area contributed by atoms with Crippen molar-refractivity contribution in [2.24, 2.45) is 0 Å². The summed E-state index contributed by atoms with van der Waals surface area (Å²) in [6, 6.07) is 11.5. The van der Waals surface area contributed by atoms with Crippen molar-refractivity contribution >= 4 is 35.4 Å². The van der Waals surface area contributed by atoms with Crippen molar-refractivity contribution < 1.29 is 9.90 Å². The van der Waals surface area contributed by atoms with E-state index in [0.717, 1.165) is 5.56 Å². The Morgan fingerprint density at radius 2 is 1.87 bits per heavy atom. The van der Waals surface area contributed by atoms with Gasteiger partial charge in [-0.15, -0.1) is 0 Å². The number of carboxylic acid groups (broad SMARTS) is 1. The first-order chi connectivity index (χ1) is 11.0. The van der Waals surface area contributed by atoms with E-state index in [9.17, 15) is 9.59 Å². The van der Waals surface area contributed by atoms with Gasteiger partial charge in [0, 0.05) is 17.3 Å². The third kappa shape index (κ3) is 3.30. The summed E-state index contributed by atoms with van der Waals surface area (Å²) >= 11 is 5.83. The molecule has 0 bridgehead atoms. The van der Waals surface area contributed by atoms with E-state index in [1.165, 1.54) is 28.8 Å². The number of carboxylic acids is 1. The summed E-state index contributed by atoms with van der Waals surface area (Å²) in [7, 11) is 0. The van der Waals surface area contributed by atoms with Crippen LogP contribution in [0.5, 0.6) is 0 Å². The van der Waals surface area contributed by atoms with Gasteiger partial charge in [0.15, 0.2) is 0 Å². The average Bonchev–Trinajstić information content (AvgIpc) is 2.54. The molecular formula is C17H11ClN2O3. The van der Waals surface area contributed by atoms with Crippen LogP contribution in [0.4, 0.5) is 0 Å². The standard InChI is InChI=1S/C17H11ClN2O3/c18-13-5-1-11(2-6-13)3-7-14-9-16(21)20-10-12(17(22)23)4-8-15(20)19-14/h1-10H,(H,22,23)/b7-3+. The number of aromatic nitrogens is 2. The van der Waals surface area contributed by atoms with E-state index in [1.54, 1.807) is 18.2 Å². The highest BCUT2D eigenvalue weighted by Gasteiger charge is 2.06. The van der Waals surface area contributed by atoms with Gasteiger partial charge in [-0.1, -0.05) is 29.8 Å². The summed E-state index contributed by atoms with van der Waals surface area (Å²) in [5, 5.41) is 9.61. The number of nitrogens with zero attached hydrogens (tertiary/aromatic N) is 2. The van der Waals surface area contributed by atoms with Gasteiger partial charge in [-0.05, 0) is 35.9 Å². The Labute approximate surface area is 136 Å². The third-order valence-electron chi connectivity index (χ3n) is 3.24. The van der Waals surface area contributed by atoms with Gasteiger partial charge in [-0.25, -0.2) is 9.78 Å². The number of rotatable bonds is 3. The molecule has 0 amide bonds. The number of benzene rings is 1. The fraction of sp³-hybridized carbons (Fsp3) is 0. The molecule has 6 heteroatoms. The highest BCUT2D eigenvalue weighted by atomic mass is 35.5. The molecule has 1 aromatic carbocycles. The monoisotopic (exact) mass is 326 g/mol. The number of carbonyl (C=O) groups is 1. The second kappa shape index (κ2) is 6.06. The van der Waals surface area contributed by atoms with Crippen LogP contribution in [0.15, 0.2) is 53.5 Å². The van der Waals surface area contributed by atoms with Gasteiger partial charge >= 0.3 is 5.97 Å². The van der Waals surface area contributed by atoms with E-state index in [0.29, 0.717) is 16.4 Å². The van der Waals surface area contributed by atoms with E-state index in [1.807, 2.05) is 18.2 Å². The molecule has 0 spiro atoms. The van der Waals surface area contributed by atoms with Crippen molar-refractivity contribution in [1.82, 2.24) is 9.38 Å². The van der Waals surface area contributed by atoms with E-state index in [-0.39, 0.29) is 11.1 Å². The molecule has 3 rings (SSSR count). The van der Waals surface area contributed by atoms with Crippen LogP contribution >= 0.6 is 11.6 Å². The zero-order valence-corrected chi connectivity index (χ0v) is 12.6. The summed E-state index contributed by atoms with van der Waals surface area (Å²) in [6.07, 6.45) is 4.80. The Hall–Kier alpha value is -2.92. The quantitative estimate of drug-likeness (QED) is 0.802. The zero-order chi connectivity index (χ0) is 16.4. The SMILES string of the molecule is O=C(O)c1ccc2nc(/C=C/c3ccc(Cl)cc3)cc(=O)n2c1. The minimum absolute atomic E-state index is 0.0332. The molecule has 2 aromatic heterocycles. The Bertz CT molecular complexity index is 975. The summed E-state index contributed by atoms with van der Waals surface area (Å²) in [6.45, 7) is 0. The lowest BCUT2D eigenvalue weighted by atomic mass is 10.2. The molecule has 0 fully saturated rings. The molecule has 5 nitrogen and oxygen atoms in total. The van der Waals surface area contributed by atoms with Crippen LogP contribution in [0.3, 0.4) is 0 Å². The Balaban J connectivity index is 1.99. The van der Waals surface area contributed by atoms with Crippen molar-refractivity contribution in [2.45, 2.75) is 0 Å². The fourth-order valence-electron chi connectivity index (χ4n) is 2.09. The van der Waals surface area contributed by atoms with E-state index in [4.69, 9.17) is 16.7 Å². The number of aromatic carboxylic acids is 1. The number of fused-ring (bicyclic) bond motifs is 1. The van der Waals surface area contributed by atoms with Crippen LogP contribution in [0, 0.1) is 0 Å². The minimum atomic E-state index is -1.09. The molecular weight excluding hydrogens is 316 g/mol. The molecule has 0 unspecified atom stereocenters. The molecule has 0 atom stereocenters. The number of pyridine rings is 1. The van der Waals surface area contributed by atoms with E-state index >= 15 is 0 Å². The predicted octanol–water partition coefficient (Wildman–Crippen LogP) is 3.22. The highest BCUT2D eigenvalue weighted by Crippen LogP contribution is 2.12. The first kappa shape index (κ1) is 15.0. The van der Waals surface area contributed by atoms with Crippen LogP contribution in [0.1, 0.15) is 21.6 Å². The average molecular weight is 327 g/mol. The molecule has 0 saturated carbocycles. The molecule has 0 saturated heterocycles. The van der Waals surface area contributed by atoms with Gasteiger partial charge in [0.1, 0.15) is 5.65 Å². The maximum absolute atomic E-state index is 12.1. The second-order valence-corrected chi connectivity index (χ2v) is 5.29. The Kier molecular flexibility index (Phi) is 3.95. The van der Waals surface area contributed by atoms with Crippen molar-refractivity contribution in [3.63, 3.8) is 0 Å². The van der Waals surface area contributed by atoms with Crippen molar-refractivity contribution in [1.29, 1.82) is 0 Å². The van der Waals surface area contributed by atoms with Crippen LogP contribution in [-0.2, 0) is 0 Å². The molecule has 0 radical (unpaired) electrons. The smallest absolute Gasteiger partial charge is 0.337 e. The predicted molar refractivity (Wildman–Crippen MR) is 88.8 cm³/mol. The summed E-state index contributed by atoms with van der Waals surface area (Å²) in [5.41, 5.74) is 1.50. The molecule has 2 heterocycles. The highest BCUT2D eigenvalue weighted by molar-refractivity contribution is 6.30. The molecule has 114 valence electrons. The number of hydrogen-bond donors (Lipinski definition) is 1. The molecule has 0 aliphatic heterocycles. The van der Waals surface area contributed by atoms with Crippen LogP contribution in [-0.4, -0.2) is 20.5 Å². The molecule has 0 aliphatic rings.